The summed E-state index contributed by atoms with van der Waals surface area (Å²) in [5, 5.41) is 1.77. The lowest BCUT2D eigenvalue weighted by molar-refractivity contribution is 0.593. The number of anilines is 2. The van der Waals surface area contributed by atoms with Gasteiger partial charge in [0.2, 0.25) is 0 Å². The summed E-state index contributed by atoms with van der Waals surface area (Å²) in [5.74, 6) is 1.00. The number of benzene rings is 2. The van der Waals surface area contributed by atoms with E-state index < -0.39 is 10.0 Å². The van der Waals surface area contributed by atoms with Gasteiger partial charge in [0.1, 0.15) is 10.9 Å². The fourth-order valence-electron chi connectivity index (χ4n) is 3.44. The summed E-state index contributed by atoms with van der Waals surface area (Å²) in [6, 6.07) is 21.1. The van der Waals surface area contributed by atoms with E-state index in [1.165, 1.54) is 21.2 Å². The summed E-state index contributed by atoms with van der Waals surface area (Å²) in [5.41, 5.74) is 2.64. The molecule has 0 amide bonds. The molecule has 0 saturated carbocycles. The van der Waals surface area contributed by atoms with Crippen molar-refractivity contribution in [3.63, 3.8) is 0 Å². The third kappa shape index (κ3) is 3.24. The van der Waals surface area contributed by atoms with Crippen LogP contribution in [0.25, 0.3) is 11.0 Å². The average molecular weight is 423 g/mol. The van der Waals surface area contributed by atoms with Crippen LogP contribution in [-0.4, -0.2) is 31.6 Å². The summed E-state index contributed by atoms with van der Waals surface area (Å²) in [7, 11) is -3.69. The lowest BCUT2D eigenvalue weighted by Gasteiger charge is -2.20. The van der Waals surface area contributed by atoms with Gasteiger partial charge in [0, 0.05) is 6.54 Å². The molecule has 0 spiro atoms. The first-order valence-electron chi connectivity index (χ1n) is 9.25. The van der Waals surface area contributed by atoms with Crippen molar-refractivity contribution in [1.29, 1.82) is 0 Å². The highest BCUT2D eigenvalue weighted by molar-refractivity contribution is 7.94. The van der Waals surface area contributed by atoms with Gasteiger partial charge in [0.15, 0.2) is 11.6 Å². The van der Waals surface area contributed by atoms with Gasteiger partial charge >= 0.3 is 0 Å². The van der Waals surface area contributed by atoms with Crippen molar-refractivity contribution in [2.45, 2.75) is 10.6 Å². The first kappa shape index (κ1) is 18.1. The summed E-state index contributed by atoms with van der Waals surface area (Å²) < 4.78 is 28.2. The van der Waals surface area contributed by atoms with Crippen molar-refractivity contribution in [2.75, 3.05) is 22.4 Å². The minimum Gasteiger partial charge on any atom is -0.334 e. The van der Waals surface area contributed by atoms with E-state index in [2.05, 4.69) is 17.1 Å². The highest BCUT2D eigenvalue weighted by Gasteiger charge is 2.38. The lowest BCUT2D eigenvalue weighted by atomic mass is 10.1. The number of hydrogen-bond donors (Lipinski definition) is 0. The second kappa shape index (κ2) is 7.13. The van der Waals surface area contributed by atoms with Crippen molar-refractivity contribution in [1.82, 2.24) is 9.97 Å². The van der Waals surface area contributed by atoms with Crippen LogP contribution in [0, 0.1) is 0 Å². The number of fused-ring (bicyclic) bond motifs is 2. The zero-order valence-corrected chi connectivity index (χ0v) is 17.1. The van der Waals surface area contributed by atoms with Gasteiger partial charge < -0.3 is 4.90 Å². The Bertz CT molecular complexity index is 1260. The Morgan fingerprint density at radius 1 is 0.862 bits per heavy atom. The number of rotatable bonds is 5. The topological polar surface area (TPSA) is 66.4 Å². The van der Waals surface area contributed by atoms with Crippen LogP contribution in [0.1, 0.15) is 5.56 Å². The minimum atomic E-state index is -3.69. The summed E-state index contributed by atoms with van der Waals surface area (Å²) in [6.07, 6.45) is 0.793. The van der Waals surface area contributed by atoms with Crippen LogP contribution in [0.5, 0.6) is 0 Å². The van der Waals surface area contributed by atoms with Gasteiger partial charge in [-0.1, -0.05) is 48.5 Å². The molecule has 0 atom stereocenters. The molecule has 0 saturated heterocycles. The molecule has 1 aliphatic heterocycles. The fraction of sp³-hybridized carbons (Fsp3) is 0.143. The Morgan fingerprint density at radius 3 is 2.24 bits per heavy atom. The van der Waals surface area contributed by atoms with Crippen LogP contribution >= 0.6 is 11.3 Å². The number of para-hydroxylation sites is 2. The van der Waals surface area contributed by atoms with Crippen LogP contribution < -0.4 is 9.21 Å². The Hall–Kier alpha value is -2.97. The van der Waals surface area contributed by atoms with Crippen molar-refractivity contribution in [2.24, 2.45) is 0 Å². The Labute approximate surface area is 173 Å². The Balaban J connectivity index is 1.56. The van der Waals surface area contributed by atoms with E-state index in [0.717, 1.165) is 11.9 Å². The van der Waals surface area contributed by atoms with Gasteiger partial charge in [0.25, 0.3) is 10.0 Å². The van der Waals surface area contributed by atoms with Crippen molar-refractivity contribution in [3.8, 4) is 0 Å². The van der Waals surface area contributed by atoms with E-state index in [1.807, 2.05) is 47.4 Å². The molecular weight excluding hydrogens is 404 g/mol. The van der Waals surface area contributed by atoms with Crippen molar-refractivity contribution >= 4 is 44.0 Å². The molecule has 0 N–H and O–H groups in total. The predicted molar refractivity (Wildman–Crippen MR) is 116 cm³/mol. The second-order valence-electron chi connectivity index (χ2n) is 6.79. The van der Waals surface area contributed by atoms with Gasteiger partial charge in [-0.3, -0.25) is 0 Å². The SMILES string of the molecule is O=S(=O)(c1cccs1)N1CN(CCc2ccccc2)c2nc3ccccc3nc21. The molecule has 0 radical (unpaired) electrons. The van der Waals surface area contributed by atoms with E-state index in [4.69, 9.17) is 4.98 Å². The van der Waals surface area contributed by atoms with E-state index in [-0.39, 0.29) is 6.67 Å². The van der Waals surface area contributed by atoms with Gasteiger partial charge in [-0.2, -0.15) is 0 Å². The van der Waals surface area contributed by atoms with Crippen LogP contribution in [0.3, 0.4) is 0 Å². The quantitative estimate of drug-likeness (QED) is 0.488. The third-order valence-electron chi connectivity index (χ3n) is 4.92. The largest absolute Gasteiger partial charge is 0.334 e. The predicted octanol–water partition coefficient (Wildman–Crippen LogP) is 3.91. The monoisotopic (exact) mass is 422 g/mol. The Morgan fingerprint density at radius 2 is 1.55 bits per heavy atom. The summed E-state index contributed by atoms with van der Waals surface area (Å²) in [4.78, 5) is 11.4. The average Bonchev–Trinajstić information content (AvgIpc) is 3.40. The van der Waals surface area contributed by atoms with Crippen LogP contribution in [0.4, 0.5) is 11.6 Å². The fourth-order valence-corrected chi connectivity index (χ4v) is 5.92. The third-order valence-corrected chi connectivity index (χ3v) is 8.02. The maximum Gasteiger partial charge on any atom is 0.276 e. The highest BCUT2D eigenvalue weighted by Crippen LogP contribution is 2.38. The number of nitrogens with zero attached hydrogens (tertiary/aromatic N) is 4. The molecule has 5 rings (SSSR count). The van der Waals surface area contributed by atoms with Crippen LogP contribution in [0.2, 0.25) is 0 Å². The maximum absolute atomic E-state index is 13.3. The van der Waals surface area contributed by atoms with Gasteiger partial charge in [-0.15, -0.1) is 11.3 Å². The van der Waals surface area contributed by atoms with Crippen LogP contribution in [0.15, 0.2) is 76.3 Å². The molecule has 29 heavy (non-hydrogen) atoms. The molecule has 2 aromatic carbocycles. The van der Waals surface area contributed by atoms with Gasteiger partial charge in [0.05, 0.1) is 11.0 Å². The first-order valence-corrected chi connectivity index (χ1v) is 11.6. The molecule has 0 aliphatic carbocycles. The Kier molecular flexibility index (Phi) is 4.44. The minimum absolute atomic E-state index is 0.207. The number of hydrogen-bond acceptors (Lipinski definition) is 6. The summed E-state index contributed by atoms with van der Waals surface area (Å²) in [6.45, 7) is 0.860. The van der Waals surface area contributed by atoms with Crippen molar-refractivity contribution < 1.29 is 8.42 Å². The molecule has 0 bridgehead atoms. The lowest BCUT2D eigenvalue weighted by Crippen LogP contribution is -2.36. The number of aromatic nitrogens is 2. The second-order valence-corrected chi connectivity index (χ2v) is 9.82. The summed E-state index contributed by atoms with van der Waals surface area (Å²) >= 11 is 1.21. The molecule has 3 heterocycles. The van der Waals surface area contributed by atoms with E-state index >= 15 is 0 Å². The highest BCUT2D eigenvalue weighted by atomic mass is 32.2. The standard InChI is InChI=1S/C21H18N4O2S2/c26-29(27,19-11-6-14-28-19)25-15-24(13-12-16-7-2-1-3-8-16)20-21(25)23-18-10-5-4-9-17(18)22-20/h1-11,14H,12-13,15H2. The smallest absolute Gasteiger partial charge is 0.276 e. The first-order chi connectivity index (χ1) is 14.1. The van der Waals surface area contributed by atoms with E-state index in [1.54, 1.807) is 17.5 Å². The molecule has 2 aromatic heterocycles. The molecule has 1 aliphatic rings. The molecule has 6 nitrogen and oxygen atoms in total. The van der Waals surface area contributed by atoms with E-state index in [9.17, 15) is 8.42 Å². The van der Waals surface area contributed by atoms with Crippen LogP contribution in [-0.2, 0) is 16.4 Å². The number of sulfonamides is 1. The molecular formula is C21H18N4O2S2. The van der Waals surface area contributed by atoms with Gasteiger partial charge in [-0.05, 0) is 35.6 Å². The normalized spacial score (nSPS) is 13.8. The van der Waals surface area contributed by atoms with E-state index in [0.29, 0.717) is 27.9 Å². The molecule has 8 heteroatoms. The molecule has 0 fully saturated rings. The number of thiophene rings is 1. The molecule has 0 unspecified atom stereocenters. The maximum atomic E-state index is 13.3. The van der Waals surface area contributed by atoms with Crippen molar-refractivity contribution in [3.05, 3.63) is 77.7 Å². The van der Waals surface area contributed by atoms with Gasteiger partial charge in [-0.25, -0.2) is 22.7 Å². The zero-order chi connectivity index (χ0) is 19.8. The molecule has 146 valence electrons. The zero-order valence-electron chi connectivity index (χ0n) is 15.5. The molecule has 4 aromatic rings.